The summed E-state index contributed by atoms with van der Waals surface area (Å²) in [5.41, 5.74) is 5.11. The molecule has 220 valence electrons. The first-order valence-corrected chi connectivity index (χ1v) is 15.4. The highest BCUT2D eigenvalue weighted by Gasteiger charge is 2.20. The average Bonchev–Trinajstić information content (AvgIpc) is 3.30. The monoisotopic (exact) mass is 630 g/mol. The molecule has 7 heteroatoms. The van der Waals surface area contributed by atoms with Crippen LogP contribution in [0.2, 0.25) is 0 Å². The first kappa shape index (κ1) is 33.8. The van der Waals surface area contributed by atoms with Crippen molar-refractivity contribution in [1.29, 1.82) is 0 Å². The van der Waals surface area contributed by atoms with Gasteiger partial charge in [-0.15, -0.1) is 0 Å². The van der Waals surface area contributed by atoms with E-state index in [4.69, 9.17) is 9.47 Å². The van der Waals surface area contributed by atoms with Gasteiger partial charge in [0, 0.05) is 17.3 Å². The highest BCUT2D eigenvalue weighted by Crippen LogP contribution is 2.34. The van der Waals surface area contributed by atoms with Crippen LogP contribution >= 0.6 is 11.3 Å². The number of amides is 1. The van der Waals surface area contributed by atoms with Crippen LogP contribution in [0, 0.1) is 6.92 Å². The van der Waals surface area contributed by atoms with Gasteiger partial charge in [-0.05, 0) is 42.5 Å². The van der Waals surface area contributed by atoms with E-state index in [1.807, 2.05) is 30.3 Å². The van der Waals surface area contributed by atoms with E-state index in [0.29, 0.717) is 12.4 Å². The number of hydrogen-bond acceptors (Lipinski definition) is 4. The molecule has 3 rings (SSSR count). The third kappa shape index (κ3) is 12.0. The van der Waals surface area contributed by atoms with Crippen molar-refractivity contribution < 1.29 is 35.8 Å². The molecule has 1 aromatic heterocycles. The van der Waals surface area contributed by atoms with Crippen molar-refractivity contribution in [3.8, 4) is 11.5 Å². The standard InChI is InChI=1S/C33H46N2O3S.BrH/c1-6-7-8-9-10-11-12-13-19-37-31-21-29(17-18-30(31)33(3,4)5)38-24-32(36)34-28-16-14-15-27(20-28)23-35-22-26(2)39-25-35;/h14-18,20-22,25H,6-13,19,23-24H2,1-5H3;1H. The van der Waals surface area contributed by atoms with Crippen molar-refractivity contribution in [2.24, 2.45) is 0 Å². The number of ether oxygens (including phenoxy) is 2. The van der Waals surface area contributed by atoms with E-state index in [2.05, 4.69) is 68.3 Å². The average molecular weight is 632 g/mol. The second-order valence-corrected chi connectivity index (χ2v) is 12.5. The summed E-state index contributed by atoms with van der Waals surface area (Å²) in [6.45, 7) is 12.3. The van der Waals surface area contributed by atoms with Gasteiger partial charge in [-0.1, -0.05) is 102 Å². The molecular formula is C33H47BrN2O3S. The Kier molecular flexibility index (Phi) is 14.7. The van der Waals surface area contributed by atoms with E-state index >= 15 is 0 Å². The lowest BCUT2D eigenvalue weighted by atomic mass is 9.86. The number of carbonyl (C=O) groups is 1. The maximum Gasteiger partial charge on any atom is 0.262 e. The molecule has 0 saturated heterocycles. The van der Waals surface area contributed by atoms with Crippen LogP contribution in [0.3, 0.4) is 0 Å². The van der Waals surface area contributed by atoms with Crippen LogP contribution in [0.15, 0.2) is 54.2 Å². The summed E-state index contributed by atoms with van der Waals surface area (Å²) in [6, 6.07) is 13.9. The molecule has 2 aromatic carbocycles. The number of rotatable bonds is 16. The Morgan fingerprint density at radius 1 is 0.950 bits per heavy atom. The molecule has 0 spiro atoms. The number of halogens is 1. The lowest BCUT2D eigenvalue weighted by molar-refractivity contribution is -0.683. The number of unbranched alkanes of at least 4 members (excludes halogenated alkanes) is 7. The van der Waals surface area contributed by atoms with Crippen LogP contribution in [-0.2, 0) is 16.8 Å². The fraction of sp³-hybridized carbons (Fsp3) is 0.515. The Labute approximate surface area is 256 Å². The van der Waals surface area contributed by atoms with Gasteiger partial charge in [0.15, 0.2) is 19.3 Å². The van der Waals surface area contributed by atoms with Gasteiger partial charge in [-0.3, -0.25) is 4.79 Å². The van der Waals surface area contributed by atoms with Crippen LogP contribution in [-0.4, -0.2) is 19.1 Å². The molecule has 0 bridgehead atoms. The van der Waals surface area contributed by atoms with Crippen molar-refractivity contribution in [1.82, 2.24) is 0 Å². The van der Waals surface area contributed by atoms with Gasteiger partial charge in [0.25, 0.3) is 5.91 Å². The van der Waals surface area contributed by atoms with Gasteiger partial charge in [0.1, 0.15) is 11.5 Å². The SMILES string of the molecule is CCCCCCCCCCOc1cc(OCC(=O)Nc2cccc(C[n+]3csc(C)c3)c2)ccc1C(C)(C)C.[Br-]. The zero-order valence-electron chi connectivity index (χ0n) is 24.9. The number of aromatic nitrogens is 1. The molecule has 5 nitrogen and oxygen atoms in total. The number of thiazole rings is 1. The van der Waals surface area contributed by atoms with Gasteiger partial charge in [-0.25, -0.2) is 0 Å². The predicted molar refractivity (Wildman–Crippen MR) is 162 cm³/mol. The first-order chi connectivity index (χ1) is 18.7. The van der Waals surface area contributed by atoms with E-state index in [9.17, 15) is 4.79 Å². The van der Waals surface area contributed by atoms with Crippen molar-refractivity contribution in [3.05, 3.63) is 70.2 Å². The van der Waals surface area contributed by atoms with Gasteiger partial charge in [0.2, 0.25) is 5.51 Å². The molecule has 0 aliphatic rings. The minimum atomic E-state index is -0.188. The quantitative estimate of drug-likeness (QED) is 0.174. The fourth-order valence-corrected chi connectivity index (χ4v) is 5.22. The highest BCUT2D eigenvalue weighted by molar-refractivity contribution is 7.09. The fourth-order valence-electron chi connectivity index (χ4n) is 4.58. The number of nitrogens with one attached hydrogen (secondary N) is 1. The third-order valence-electron chi connectivity index (χ3n) is 6.68. The van der Waals surface area contributed by atoms with Crippen LogP contribution in [0.1, 0.15) is 95.1 Å². The molecule has 40 heavy (non-hydrogen) atoms. The maximum absolute atomic E-state index is 12.7. The van der Waals surface area contributed by atoms with Crippen LogP contribution < -0.4 is 36.3 Å². The Morgan fingerprint density at radius 3 is 2.35 bits per heavy atom. The van der Waals surface area contributed by atoms with Crippen LogP contribution in [0.4, 0.5) is 5.69 Å². The largest absolute Gasteiger partial charge is 1.00 e. The minimum Gasteiger partial charge on any atom is -1.00 e. The van der Waals surface area contributed by atoms with E-state index < -0.39 is 0 Å². The van der Waals surface area contributed by atoms with Crippen molar-refractivity contribution in [2.45, 2.75) is 97.9 Å². The zero-order valence-corrected chi connectivity index (χ0v) is 27.3. The summed E-state index contributed by atoms with van der Waals surface area (Å²) in [7, 11) is 0. The first-order valence-electron chi connectivity index (χ1n) is 14.5. The highest BCUT2D eigenvalue weighted by atomic mass is 79.9. The lowest BCUT2D eigenvalue weighted by Gasteiger charge is -2.23. The lowest BCUT2D eigenvalue weighted by Crippen LogP contribution is -3.00. The van der Waals surface area contributed by atoms with Crippen molar-refractivity contribution >= 4 is 22.9 Å². The Balaban J connectivity index is 0.00000560. The van der Waals surface area contributed by atoms with E-state index in [1.165, 1.54) is 49.8 Å². The van der Waals surface area contributed by atoms with Crippen molar-refractivity contribution in [3.63, 3.8) is 0 Å². The molecule has 0 radical (unpaired) electrons. The van der Waals surface area contributed by atoms with E-state index in [0.717, 1.165) is 35.5 Å². The molecule has 0 aliphatic heterocycles. The molecule has 0 fully saturated rings. The molecule has 0 saturated carbocycles. The topological polar surface area (TPSA) is 51.4 Å². The van der Waals surface area contributed by atoms with Gasteiger partial charge >= 0.3 is 0 Å². The Bertz CT molecular complexity index is 1170. The molecule has 0 unspecified atom stereocenters. The van der Waals surface area contributed by atoms with Crippen molar-refractivity contribution in [2.75, 3.05) is 18.5 Å². The Morgan fingerprint density at radius 2 is 1.68 bits per heavy atom. The van der Waals surface area contributed by atoms with E-state index in [-0.39, 0.29) is 34.9 Å². The summed E-state index contributed by atoms with van der Waals surface area (Å²) < 4.78 is 14.3. The summed E-state index contributed by atoms with van der Waals surface area (Å²) in [4.78, 5) is 13.9. The molecule has 0 atom stereocenters. The Hall–Kier alpha value is -2.38. The molecule has 0 aliphatic carbocycles. The number of aryl methyl sites for hydroxylation is 1. The summed E-state index contributed by atoms with van der Waals surface area (Å²) in [5.74, 6) is 1.30. The molecule has 1 N–H and O–H groups in total. The normalized spacial score (nSPS) is 11.1. The maximum atomic E-state index is 12.7. The second-order valence-electron chi connectivity index (χ2n) is 11.4. The number of anilines is 1. The minimum absolute atomic E-state index is 0. The zero-order chi connectivity index (χ0) is 28.1. The van der Waals surface area contributed by atoms with Gasteiger partial charge in [0.05, 0.1) is 11.5 Å². The number of benzene rings is 2. The molecule has 3 aromatic rings. The molecule has 1 heterocycles. The smallest absolute Gasteiger partial charge is 0.262 e. The third-order valence-corrected chi connectivity index (χ3v) is 7.54. The summed E-state index contributed by atoms with van der Waals surface area (Å²) in [5, 5.41) is 2.96. The number of carbonyl (C=O) groups excluding carboxylic acids is 1. The van der Waals surface area contributed by atoms with Crippen LogP contribution in [0.25, 0.3) is 0 Å². The van der Waals surface area contributed by atoms with Gasteiger partial charge < -0.3 is 31.8 Å². The molecular weight excluding hydrogens is 584 g/mol. The summed E-state index contributed by atoms with van der Waals surface area (Å²) >= 11 is 1.72. The van der Waals surface area contributed by atoms with E-state index in [1.54, 1.807) is 11.3 Å². The molecule has 1 amide bonds. The summed E-state index contributed by atoms with van der Waals surface area (Å²) in [6.07, 6.45) is 12.3. The number of hydrogen-bond donors (Lipinski definition) is 1. The van der Waals surface area contributed by atoms with Crippen LogP contribution in [0.5, 0.6) is 11.5 Å². The number of nitrogens with zero attached hydrogens (tertiary/aromatic N) is 1. The van der Waals surface area contributed by atoms with Gasteiger partial charge in [-0.2, -0.15) is 4.57 Å². The second kappa shape index (κ2) is 17.4. The predicted octanol–water partition coefficient (Wildman–Crippen LogP) is 5.23.